The molecule has 0 saturated carbocycles. The highest BCUT2D eigenvalue weighted by molar-refractivity contribution is 5.14. The zero-order valence-corrected chi connectivity index (χ0v) is 7.16. The average Bonchev–Trinajstić information content (AvgIpc) is 2.19. The summed E-state index contributed by atoms with van der Waals surface area (Å²) in [6.07, 6.45) is 2.78. The molecule has 13 heavy (non-hydrogen) atoms. The molecule has 1 aliphatic heterocycles. The lowest BCUT2D eigenvalue weighted by Crippen LogP contribution is -2.33. The summed E-state index contributed by atoms with van der Waals surface area (Å²) in [6.45, 7) is 2.26. The number of hydrogen-bond acceptors (Lipinski definition) is 3. The number of aromatic nitrogens is 1. The molecule has 3 nitrogen and oxygen atoms in total. The number of nitrogens with zero attached hydrogens (tertiary/aromatic N) is 1. The van der Waals surface area contributed by atoms with Crippen molar-refractivity contribution in [2.24, 2.45) is 0 Å². The van der Waals surface area contributed by atoms with Crippen molar-refractivity contribution in [1.82, 2.24) is 10.3 Å². The second-order valence-electron chi connectivity index (χ2n) is 3.00. The first-order valence-corrected chi connectivity index (χ1v) is 4.29. The van der Waals surface area contributed by atoms with Crippen LogP contribution in [0, 0.1) is 5.82 Å². The van der Waals surface area contributed by atoms with E-state index in [1.165, 1.54) is 12.3 Å². The van der Waals surface area contributed by atoms with Crippen molar-refractivity contribution in [3.05, 3.63) is 29.8 Å². The van der Waals surface area contributed by atoms with Crippen LogP contribution in [-0.4, -0.2) is 24.7 Å². The van der Waals surface area contributed by atoms with Crippen LogP contribution in [0.15, 0.2) is 18.5 Å². The molecular formula is C9H11FN2O. The highest BCUT2D eigenvalue weighted by Gasteiger charge is 2.15. The van der Waals surface area contributed by atoms with Gasteiger partial charge in [0, 0.05) is 24.8 Å². The molecule has 1 fully saturated rings. The van der Waals surface area contributed by atoms with Gasteiger partial charge in [0.25, 0.3) is 0 Å². The highest BCUT2D eigenvalue weighted by atomic mass is 19.1. The molecule has 0 bridgehead atoms. The number of pyridine rings is 1. The minimum atomic E-state index is -0.313. The SMILES string of the molecule is Fc1cncc(C2CNCCO2)c1. The summed E-state index contributed by atoms with van der Waals surface area (Å²) in [5, 5.41) is 3.18. The summed E-state index contributed by atoms with van der Waals surface area (Å²) in [5.41, 5.74) is 0.798. The maximum absolute atomic E-state index is 12.8. The Kier molecular flexibility index (Phi) is 2.52. The Labute approximate surface area is 75.9 Å². The van der Waals surface area contributed by atoms with Gasteiger partial charge >= 0.3 is 0 Å². The Morgan fingerprint density at radius 3 is 3.15 bits per heavy atom. The Bertz CT molecular complexity index is 287. The molecule has 1 unspecified atom stereocenters. The first kappa shape index (κ1) is 8.59. The molecule has 1 atom stereocenters. The van der Waals surface area contributed by atoms with E-state index < -0.39 is 0 Å². The van der Waals surface area contributed by atoms with Crippen LogP contribution in [0.25, 0.3) is 0 Å². The molecule has 0 aliphatic carbocycles. The summed E-state index contributed by atoms with van der Waals surface area (Å²) < 4.78 is 18.2. The molecular weight excluding hydrogens is 171 g/mol. The van der Waals surface area contributed by atoms with Crippen LogP contribution in [0.3, 0.4) is 0 Å². The molecule has 1 aromatic heterocycles. The van der Waals surface area contributed by atoms with Gasteiger partial charge < -0.3 is 10.1 Å². The van der Waals surface area contributed by atoms with Crippen molar-refractivity contribution in [1.29, 1.82) is 0 Å². The zero-order valence-electron chi connectivity index (χ0n) is 7.16. The van der Waals surface area contributed by atoms with Crippen LogP contribution >= 0.6 is 0 Å². The molecule has 70 valence electrons. The van der Waals surface area contributed by atoms with Crippen molar-refractivity contribution >= 4 is 0 Å². The van der Waals surface area contributed by atoms with Crippen LogP contribution < -0.4 is 5.32 Å². The summed E-state index contributed by atoms with van der Waals surface area (Å²) in [7, 11) is 0. The summed E-state index contributed by atoms with van der Waals surface area (Å²) in [6, 6.07) is 1.46. The van der Waals surface area contributed by atoms with Gasteiger partial charge in [0.1, 0.15) is 5.82 Å². The molecule has 1 saturated heterocycles. The first-order chi connectivity index (χ1) is 6.36. The lowest BCUT2D eigenvalue weighted by atomic mass is 10.1. The fourth-order valence-corrected chi connectivity index (χ4v) is 1.38. The van der Waals surface area contributed by atoms with E-state index in [0.717, 1.165) is 18.7 Å². The molecule has 1 aromatic rings. The second-order valence-corrected chi connectivity index (χ2v) is 3.00. The smallest absolute Gasteiger partial charge is 0.141 e. The first-order valence-electron chi connectivity index (χ1n) is 4.29. The molecule has 1 aliphatic rings. The average molecular weight is 182 g/mol. The van der Waals surface area contributed by atoms with Gasteiger partial charge in [0.05, 0.1) is 18.9 Å². The predicted molar refractivity (Wildman–Crippen MR) is 45.8 cm³/mol. The van der Waals surface area contributed by atoms with Crippen LogP contribution in [0.4, 0.5) is 4.39 Å². The van der Waals surface area contributed by atoms with Crippen LogP contribution in [0.5, 0.6) is 0 Å². The third kappa shape index (κ3) is 2.02. The van der Waals surface area contributed by atoms with Crippen LogP contribution in [0.1, 0.15) is 11.7 Å². The molecule has 0 radical (unpaired) electrons. The monoisotopic (exact) mass is 182 g/mol. The van der Waals surface area contributed by atoms with E-state index in [4.69, 9.17) is 4.74 Å². The van der Waals surface area contributed by atoms with Gasteiger partial charge in [-0.15, -0.1) is 0 Å². The number of nitrogens with one attached hydrogen (secondary N) is 1. The lowest BCUT2D eigenvalue weighted by Gasteiger charge is -2.23. The van der Waals surface area contributed by atoms with Gasteiger partial charge in [-0.1, -0.05) is 0 Å². The normalized spacial score (nSPS) is 23.0. The molecule has 2 rings (SSSR count). The van der Waals surface area contributed by atoms with Crippen molar-refractivity contribution in [3.63, 3.8) is 0 Å². The minimum absolute atomic E-state index is 0.0584. The van der Waals surface area contributed by atoms with Gasteiger partial charge in [-0.05, 0) is 6.07 Å². The van der Waals surface area contributed by atoms with E-state index in [-0.39, 0.29) is 11.9 Å². The molecule has 0 amide bonds. The molecule has 4 heteroatoms. The van der Waals surface area contributed by atoms with Gasteiger partial charge in [-0.3, -0.25) is 4.98 Å². The Morgan fingerprint density at radius 2 is 2.46 bits per heavy atom. The maximum Gasteiger partial charge on any atom is 0.141 e. The second kappa shape index (κ2) is 3.81. The van der Waals surface area contributed by atoms with Crippen LogP contribution in [-0.2, 0) is 4.74 Å². The Hall–Kier alpha value is -1.00. The zero-order chi connectivity index (χ0) is 9.10. The topological polar surface area (TPSA) is 34.2 Å². The molecule has 0 spiro atoms. The van der Waals surface area contributed by atoms with E-state index in [1.807, 2.05) is 0 Å². The Balaban J connectivity index is 2.14. The van der Waals surface area contributed by atoms with Crippen molar-refractivity contribution in [2.45, 2.75) is 6.10 Å². The Morgan fingerprint density at radius 1 is 1.54 bits per heavy atom. The summed E-state index contributed by atoms with van der Waals surface area (Å²) in [4.78, 5) is 3.78. The van der Waals surface area contributed by atoms with Gasteiger partial charge in [-0.2, -0.15) is 0 Å². The number of hydrogen-bond donors (Lipinski definition) is 1. The molecule has 1 N–H and O–H groups in total. The number of ether oxygens (including phenoxy) is 1. The van der Waals surface area contributed by atoms with Crippen molar-refractivity contribution in [2.75, 3.05) is 19.7 Å². The minimum Gasteiger partial charge on any atom is -0.371 e. The van der Waals surface area contributed by atoms with Gasteiger partial charge in [0.2, 0.25) is 0 Å². The quantitative estimate of drug-likeness (QED) is 0.700. The number of rotatable bonds is 1. The van der Waals surface area contributed by atoms with Crippen molar-refractivity contribution < 1.29 is 9.13 Å². The number of morpholine rings is 1. The summed E-state index contributed by atoms with van der Waals surface area (Å²) >= 11 is 0. The van der Waals surface area contributed by atoms with E-state index in [1.54, 1.807) is 6.20 Å². The largest absolute Gasteiger partial charge is 0.371 e. The van der Waals surface area contributed by atoms with Crippen LogP contribution in [0.2, 0.25) is 0 Å². The fourth-order valence-electron chi connectivity index (χ4n) is 1.38. The molecule has 2 heterocycles. The number of halogens is 1. The molecule has 0 aromatic carbocycles. The highest BCUT2D eigenvalue weighted by Crippen LogP contribution is 2.17. The van der Waals surface area contributed by atoms with Crippen molar-refractivity contribution in [3.8, 4) is 0 Å². The predicted octanol–water partition coefficient (Wildman–Crippen LogP) is 0.882. The fraction of sp³-hybridized carbons (Fsp3) is 0.444. The van der Waals surface area contributed by atoms with E-state index in [0.29, 0.717) is 6.61 Å². The maximum atomic E-state index is 12.8. The summed E-state index contributed by atoms with van der Waals surface area (Å²) in [5.74, 6) is -0.313. The van der Waals surface area contributed by atoms with E-state index in [9.17, 15) is 4.39 Å². The van der Waals surface area contributed by atoms with E-state index >= 15 is 0 Å². The van der Waals surface area contributed by atoms with Gasteiger partial charge in [0.15, 0.2) is 0 Å². The third-order valence-electron chi connectivity index (χ3n) is 2.03. The van der Waals surface area contributed by atoms with Gasteiger partial charge in [-0.25, -0.2) is 4.39 Å². The lowest BCUT2D eigenvalue weighted by molar-refractivity contribution is 0.0273. The third-order valence-corrected chi connectivity index (χ3v) is 2.03. The standard InChI is InChI=1S/C9H11FN2O/c10-8-3-7(4-12-5-8)9-6-11-1-2-13-9/h3-5,9,11H,1-2,6H2. The van der Waals surface area contributed by atoms with E-state index in [2.05, 4.69) is 10.3 Å².